The van der Waals surface area contributed by atoms with Crippen molar-refractivity contribution in [3.05, 3.63) is 0 Å². The minimum Gasteiger partial charge on any atom is -0.343 e. The van der Waals surface area contributed by atoms with Crippen LogP contribution < -0.4 is 0 Å². The molecule has 0 aromatic rings. The van der Waals surface area contributed by atoms with Gasteiger partial charge >= 0.3 is 0 Å². The van der Waals surface area contributed by atoms with E-state index >= 15 is 0 Å². The highest BCUT2D eigenvalue weighted by Gasteiger charge is 2.22. The first-order chi connectivity index (χ1) is 6.25. The molecule has 0 spiro atoms. The molecule has 0 aliphatic heterocycles. The smallest absolute Gasteiger partial charge is 0.223 e. The Morgan fingerprint density at radius 3 is 2.69 bits per heavy atom. The molecule has 0 aromatic heterocycles. The molecule has 0 aromatic carbocycles. The van der Waals surface area contributed by atoms with E-state index in [1.807, 2.05) is 18.0 Å². The average Bonchev–Trinajstić information content (AvgIpc) is 2.65. The first-order valence-electron chi connectivity index (χ1n) is 4.88. The van der Waals surface area contributed by atoms with E-state index in [9.17, 15) is 4.79 Å². The molecule has 0 radical (unpaired) electrons. The summed E-state index contributed by atoms with van der Waals surface area (Å²) in [6, 6.07) is 2.43. The second-order valence-corrected chi connectivity index (χ2v) is 3.60. The van der Waals surface area contributed by atoms with Crippen LogP contribution >= 0.6 is 0 Å². The number of nitriles is 1. The fourth-order valence-corrected chi connectivity index (χ4v) is 1.83. The Labute approximate surface area is 79.3 Å². The van der Waals surface area contributed by atoms with Gasteiger partial charge < -0.3 is 4.90 Å². The minimum absolute atomic E-state index is 0.119. The van der Waals surface area contributed by atoms with Crippen molar-refractivity contribution in [3.63, 3.8) is 0 Å². The van der Waals surface area contributed by atoms with Gasteiger partial charge in [-0.05, 0) is 12.8 Å². The van der Waals surface area contributed by atoms with E-state index in [0.29, 0.717) is 18.9 Å². The van der Waals surface area contributed by atoms with E-state index in [4.69, 9.17) is 5.26 Å². The third kappa shape index (κ3) is 2.73. The summed E-state index contributed by atoms with van der Waals surface area (Å²) in [4.78, 5) is 13.3. The van der Waals surface area contributed by atoms with Crippen LogP contribution in [0.25, 0.3) is 0 Å². The number of carbonyl (C=O) groups is 1. The Balaban J connectivity index is 2.33. The Morgan fingerprint density at radius 2 is 2.15 bits per heavy atom. The summed E-state index contributed by atoms with van der Waals surface area (Å²) in [6.07, 6.45) is 5.46. The maximum Gasteiger partial charge on any atom is 0.223 e. The normalized spacial score (nSPS) is 16.9. The fraction of sp³-hybridized carbons (Fsp3) is 0.800. The fourth-order valence-electron chi connectivity index (χ4n) is 1.83. The van der Waals surface area contributed by atoms with Gasteiger partial charge in [-0.1, -0.05) is 12.8 Å². The van der Waals surface area contributed by atoms with Crippen LogP contribution in [0.3, 0.4) is 0 Å². The predicted molar refractivity (Wildman–Crippen MR) is 49.9 cm³/mol. The van der Waals surface area contributed by atoms with Gasteiger partial charge in [-0.2, -0.15) is 5.26 Å². The maximum atomic E-state index is 11.5. The van der Waals surface area contributed by atoms with Crippen molar-refractivity contribution in [1.29, 1.82) is 5.26 Å². The van der Waals surface area contributed by atoms with Crippen molar-refractivity contribution in [2.24, 2.45) is 0 Å². The summed E-state index contributed by atoms with van der Waals surface area (Å²) in [6.45, 7) is 0. The highest BCUT2D eigenvalue weighted by atomic mass is 16.2. The summed E-state index contributed by atoms with van der Waals surface area (Å²) >= 11 is 0. The predicted octanol–water partition coefficient (Wildman–Crippen LogP) is 1.69. The standard InChI is InChI=1S/C10H16N2O/c1-12(9-5-2-3-6-9)10(13)7-4-8-11/h9H,2-7H2,1H3. The number of amides is 1. The monoisotopic (exact) mass is 180 g/mol. The number of carbonyl (C=O) groups excluding carboxylic acids is 1. The third-order valence-electron chi connectivity index (χ3n) is 2.72. The van der Waals surface area contributed by atoms with Gasteiger partial charge in [0.15, 0.2) is 0 Å². The number of nitrogens with zero attached hydrogens (tertiary/aromatic N) is 2. The molecule has 1 amide bonds. The molecule has 3 nitrogen and oxygen atoms in total. The molecule has 0 N–H and O–H groups in total. The van der Waals surface area contributed by atoms with Crippen molar-refractivity contribution >= 4 is 5.91 Å². The first-order valence-corrected chi connectivity index (χ1v) is 4.88. The van der Waals surface area contributed by atoms with Gasteiger partial charge in [0.25, 0.3) is 0 Å². The summed E-state index contributed by atoms with van der Waals surface area (Å²) in [5.41, 5.74) is 0. The lowest BCUT2D eigenvalue weighted by Gasteiger charge is -2.23. The van der Waals surface area contributed by atoms with Crippen LogP contribution in [-0.4, -0.2) is 23.9 Å². The molecule has 0 heterocycles. The van der Waals surface area contributed by atoms with Crippen molar-refractivity contribution in [3.8, 4) is 6.07 Å². The lowest BCUT2D eigenvalue weighted by atomic mass is 10.2. The van der Waals surface area contributed by atoms with E-state index in [0.717, 1.165) is 12.8 Å². The van der Waals surface area contributed by atoms with Crippen LogP contribution in [0.5, 0.6) is 0 Å². The first kappa shape index (κ1) is 10.0. The summed E-state index contributed by atoms with van der Waals surface area (Å²) in [5, 5.41) is 8.34. The molecule has 1 saturated carbocycles. The lowest BCUT2D eigenvalue weighted by Crippen LogP contribution is -2.34. The van der Waals surface area contributed by atoms with Crippen LogP contribution in [0, 0.1) is 11.3 Å². The topological polar surface area (TPSA) is 44.1 Å². The molecule has 0 unspecified atom stereocenters. The van der Waals surface area contributed by atoms with E-state index in [1.54, 1.807) is 0 Å². The van der Waals surface area contributed by atoms with Crippen LogP contribution in [-0.2, 0) is 4.79 Å². The van der Waals surface area contributed by atoms with Crippen LogP contribution in [0.1, 0.15) is 38.5 Å². The summed E-state index contributed by atoms with van der Waals surface area (Å²) in [7, 11) is 1.86. The van der Waals surface area contributed by atoms with Gasteiger partial charge in [0.1, 0.15) is 0 Å². The number of rotatable bonds is 3. The molecular weight excluding hydrogens is 164 g/mol. The maximum absolute atomic E-state index is 11.5. The third-order valence-corrected chi connectivity index (χ3v) is 2.72. The molecule has 0 atom stereocenters. The van der Waals surface area contributed by atoms with E-state index in [1.165, 1.54) is 12.8 Å². The zero-order valence-corrected chi connectivity index (χ0v) is 8.12. The van der Waals surface area contributed by atoms with Crippen LogP contribution in [0.2, 0.25) is 0 Å². The molecule has 13 heavy (non-hydrogen) atoms. The zero-order chi connectivity index (χ0) is 9.68. The Kier molecular flexibility index (Phi) is 3.75. The summed E-state index contributed by atoms with van der Waals surface area (Å²) < 4.78 is 0. The number of hydrogen-bond donors (Lipinski definition) is 0. The molecule has 0 saturated heterocycles. The SMILES string of the molecule is CN(C(=O)CCC#N)C1CCCC1. The molecular formula is C10H16N2O. The minimum atomic E-state index is 0.119. The summed E-state index contributed by atoms with van der Waals surface area (Å²) in [5.74, 6) is 0.119. The van der Waals surface area contributed by atoms with E-state index in [2.05, 4.69) is 0 Å². The van der Waals surface area contributed by atoms with Crippen molar-refractivity contribution < 1.29 is 4.79 Å². The van der Waals surface area contributed by atoms with Gasteiger partial charge in [0.05, 0.1) is 6.07 Å². The van der Waals surface area contributed by atoms with Crippen molar-refractivity contribution in [1.82, 2.24) is 4.90 Å². The molecule has 1 aliphatic carbocycles. The van der Waals surface area contributed by atoms with Crippen molar-refractivity contribution in [2.45, 2.75) is 44.6 Å². The highest BCUT2D eigenvalue weighted by Crippen LogP contribution is 2.22. The Bertz CT molecular complexity index is 213. The zero-order valence-electron chi connectivity index (χ0n) is 8.12. The second-order valence-electron chi connectivity index (χ2n) is 3.60. The van der Waals surface area contributed by atoms with Gasteiger partial charge in [-0.3, -0.25) is 4.79 Å². The highest BCUT2D eigenvalue weighted by molar-refractivity contribution is 5.76. The lowest BCUT2D eigenvalue weighted by molar-refractivity contribution is -0.131. The Morgan fingerprint density at radius 1 is 1.54 bits per heavy atom. The largest absolute Gasteiger partial charge is 0.343 e. The van der Waals surface area contributed by atoms with Gasteiger partial charge in [-0.15, -0.1) is 0 Å². The van der Waals surface area contributed by atoms with Gasteiger partial charge in [0, 0.05) is 25.9 Å². The van der Waals surface area contributed by atoms with E-state index < -0.39 is 0 Å². The van der Waals surface area contributed by atoms with E-state index in [-0.39, 0.29) is 5.91 Å². The van der Waals surface area contributed by atoms with Gasteiger partial charge in [-0.25, -0.2) is 0 Å². The van der Waals surface area contributed by atoms with Crippen molar-refractivity contribution in [2.75, 3.05) is 7.05 Å². The Hall–Kier alpha value is -1.04. The number of hydrogen-bond acceptors (Lipinski definition) is 2. The molecule has 1 aliphatic rings. The molecule has 3 heteroatoms. The molecule has 0 bridgehead atoms. The average molecular weight is 180 g/mol. The molecule has 1 rings (SSSR count). The quantitative estimate of drug-likeness (QED) is 0.663. The molecule has 72 valence electrons. The van der Waals surface area contributed by atoms with Crippen LogP contribution in [0.4, 0.5) is 0 Å². The molecule has 1 fully saturated rings. The second kappa shape index (κ2) is 4.86. The van der Waals surface area contributed by atoms with Crippen LogP contribution in [0.15, 0.2) is 0 Å². The van der Waals surface area contributed by atoms with Gasteiger partial charge in [0.2, 0.25) is 5.91 Å².